The SMILES string of the molecule is Cc1ccc(NC(=O)C(=O)N/N=C\c2ccc(O)c(Cl)c2)cc1. The molecule has 0 heterocycles. The van der Waals surface area contributed by atoms with Crippen molar-refractivity contribution in [1.82, 2.24) is 5.43 Å². The lowest BCUT2D eigenvalue weighted by atomic mass is 10.2. The smallest absolute Gasteiger partial charge is 0.329 e. The van der Waals surface area contributed by atoms with Crippen molar-refractivity contribution in [2.24, 2.45) is 5.10 Å². The van der Waals surface area contributed by atoms with Gasteiger partial charge >= 0.3 is 11.8 Å². The van der Waals surface area contributed by atoms with E-state index in [0.29, 0.717) is 11.3 Å². The summed E-state index contributed by atoms with van der Waals surface area (Å²) in [4.78, 5) is 23.3. The largest absolute Gasteiger partial charge is 0.506 e. The van der Waals surface area contributed by atoms with Gasteiger partial charge in [-0.3, -0.25) is 9.59 Å². The molecule has 0 fully saturated rings. The second kappa shape index (κ2) is 7.42. The van der Waals surface area contributed by atoms with Crippen molar-refractivity contribution in [3.8, 4) is 5.75 Å². The fourth-order valence-corrected chi connectivity index (χ4v) is 1.83. The van der Waals surface area contributed by atoms with Gasteiger partial charge in [0.1, 0.15) is 5.75 Å². The minimum atomic E-state index is -0.897. The van der Waals surface area contributed by atoms with Gasteiger partial charge in [0, 0.05) is 5.69 Å². The number of phenolic OH excluding ortho intramolecular Hbond substituents is 1. The first-order valence-electron chi connectivity index (χ1n) is 6.65. The number of carbonyl (C=O) groups excluding carboxylic acids is 2. The molecule has 0 aromatic heterocycles. The lowest BCUT2D eigenvalue weighted by Gasteiger charge is -2.04. The molecule has 0 aliphatic carbocycles. The van der Waals surface area contributed by atoms with Crippen molar-refractivity contribution in [2.75, 3.05) is 5.32 Å². The summed E-state index contributed by atoms with van der Waals surface area (Å²) in [6.45, 7) is 1.92. The lowest BCUT2D eigenvalue weighted by molar-refractivity contribution is -0.136. The molecule has 2 rings (SSSR count). The number of phenols is 1. The summed E-state index contributed by atoms with van der Waals surface area (Å²) in [7, 11) is 0. The molecule has 0 radical (unpaired) electrons. The van der Waals surface area contributed by atoms with Crippen LogP contribution in [0.5, 0.6) is 5.75 Å². The van der Waals surface area contributed by atoms with Gasteiger partial charge in [-0.1, -0.05) is 29.3 Å². The average Bonchev–Trinajstić information content (AvgIpc) is 2.53. The highest BCUT2D eigenvalue weighted by molar-refractivity contribution is 6.39. The highest BCUT2D eigenvalue weighted by atomic mass is 35.5. The Labute approximate surface area is 137 Å². The van der Waals surface area contributed by atoms with E-state index in [9.17, 15) is 14.7 Å². The number of hydrazone groups is 1. The molecule has 2 aromatic carbocycles. The molecule has 6 nitrogen and oxygen atoms in total. The highest BCUT2D eigenvalue weighted by Gasteiger charge is 2.12. The van der Waals surface area contributed by atoms with E-state index in [4.69, 9.17) is 11.6 Å². The van der Waals surface area contributed by atoms with Crippen molar-refractivity contribution >= 4 is 35.3 Å². The molecule has 2 aromatic rings. The first-order valence-corrected chi connectivity index (χ1v) is 7.03. The number of hydrogen-bond acceptors (Lipinski definition) is 4. The van der Waals surface area contributed by atoms with E-state index in [1.165, 1.54) is 18.3 Å². The van der Waals surface area contributed by atoms with Gasteiger partial charge in [-0.15, -0.1) is 0 Å². The van der Waals surface area contributed by atoms with Crippen molar-refractivity contribution in [2.45, 2.75) is 6.92 Å². The number of aryl methyl sites for hydroxylation is 1. The highest BCUT2D eigenvalue weighted by Crippen LogP contribution is 2.22. The monoisotopic (exact) mass is 331 g/mol. The van der Waals surface area contributed by atoms with Gasteiger partial charge in [0.05, 0.1) is 11.2 Å². The van der Waals surface area contributed by atoms with E-state index in [1.54, 1.807) is 18.2 Å². The number of aromatic hydroxyl groups is 1. The third-order valence-corrected chi connectivity index (χ3v) is 3.17. The Balaban J connectivity index is 1.90. The summed E-state index contributed by atoms with van der Waals surface area (Å²) >= 11 is 5.74. The van der Waals surface area contributed by atoms with Crippen molar-refractivity contribution < 1.29 is 14.7 Å². The summed E-state index contributed by atoms with van der Waals surface area (Å²) < 4.78 is 0. The fourth-order valence-electron chi connectivity index (χ4n) is 1.64. The fraction of sp³-hybridized carbons (Fsp3) is 0.0625. The number of carbonyl (C=O) groups is 2. The average molecular weight is 332 g/mol. The first-order chi connectivity index (χ1) is 11.0. The maximum Gasteiger partial charge on any atom is 0.329 e. The van der Waals surface area contributed by atoms with E-state index in [2.05, 4.69) is 15.8 Å². The van der Waals surface area contributed by atoms with Gasteiger partial charge in [0.15, 0.2) is 0 Å². The van der Waals surface area contributed by atoms with Crippen LogP contribution in [0.1, 0.15) is 11.1 Å². The molecular formula is C16H14ClN3O3. The number of rotatable bonds is 3. The number of amides is 2. The molecule has 2 amide bonds. The zero-order chi connectivity index (χ0) is 16.8. The summed E-state index contributed by atoms with van der Waals surface area (Å²) in [5.74, 6) is -1.77. The maximum atomic E-state index is 11.7. The summed E-state index contributed by atoms with van der Waals surface area (Å²) in [5, 5.41) is 15.6. The van der Waals surface area contributed by atoms with E-state index in [0.717, 1.165) is 5.56 Å². The molecule has 23 heavy (non-hydrogen) atoms. The Morgan fingerprint density at radius 1 is 1.13 bits per heavy atom. The van der Waals surface area contributed by atoms with E-state index in [-0.39, 0.29) is 10.8 Å². The first kappa shape index (κ1) is 16.5. The van der Waals surface area contributed by atoms with Crippen LogP contribution in [-0.4, -0.2) is 23.1 Å². The van der Waals surface area contributed by atoms with Crippen molar-refractivity contribution in [1.29, 1.82) is 0 Å². The Morgan fingerprint density at radius 3 is 2.48 bits per heavy atom. The van der Waals surface area contributed by atoms with Crippen LogP contribution in [0, 0.1) is 6.92 Å². The molecule has 0 aliphatic rings. The number of anilines is 1. The van der Waals surface area contributed by atoms with Crippen molar-refractivity contribution in [3.63, 3.8) is 0 Å². The second-order valence-corrected chi connectivity index (χ2v) is 5.14. The third kappa shape index (κ3) is 4.82. The zero-order valence-corrected chi connectivity index (χ0v) is 13.0. The third-order valence-electron chi connectivity index (χ3n) is 2.87. The second-order valence-electron chi connectivity index (χ2n) is 4.73. The van der Waals surface area contributed by atoms with Crippen LogP contribution in [0.2, 0.25) is 5.02 Å². The normalized spacial score (nSPS) is 10.5. The number of nitrogens with one attached hydrogen (secondary N) is 2. The predicted octanol–water partition coefficient (Wildman–Crippen LogP) is 2.44. The van der Waals surface area contributed by atoms with Crippen LogP contribution in [0.4, 0.5) is 5.69 Å². The molecule has 0 saturated heterocycles. The molecular weight excluding hydrogens is 318 g/mol. The molecule has 0 saturated carbocycles. The van der Waals surface area contributed by atoms with E-state index < -0.39 is 11.8 Å². The van der Waals surface area contributed by atoms with Crippen LogP contribution in [0.15, 0.2) is 47.6 Å². The Hall–Kier alpha value is -2.86. The van der Waals surface area contributed by atoms with Crippen LogP contribution < -0.4 is 10.7 Å². The molecule has 118 valence electrons. The summed E-state index contributed by atoms with van der Waals surface area (Å²) in [6, 6.07) is 11.5. The molecule has 0 atom stereocenters. The molecule has 0 unspecified atom stereocenters. The molecule has 0 bridgehead atoms. The number of halogens is 1. The van der Waals surface area contributed by atoms with E-state index >= 15 is 0 Å². The molecule has 3 N–H and O–H groups in total. The molecule has 0 aliphatic heterocycles. The Bertz CT molecular complexity index is 758. The summed E-state index contributed by atoms with van der Waals surface area (Å²) in [6.07, 6.45) is 1.31. The van der Waals surface area contributed by atoms with Gasteiger partial charge in [0.2, 0.25) is 0 Å². The van der Waals surface area contributed by atoms with Gasteiger partial charge in [-0.2, -0.15) is 5.10 Å². The number of nitrogens with zero attached hydrogens (tertiary/aromatic N) is 1. The lowest BCUT2D eigenvalue weighted by Crippen LogP contribution is -2.32. The molecule has 0 spiro atoms. The topological polar surface area (TPSA) is 90.8 Å². The quantitative estimate of drug-likeness (QED) is 0.458. The molecule has 7 heteroatoms. The number of hydrogen-bond donors (Lipinski definition) is 3. The number of benzene rings is 2. The van der Waals surface area contributed by atoms with Gasteiger partial charge in [0.25, 0.3) is 0 Å². The predicted molar refractivity (Wildman–Crippen MR) is 88.7 cm³/mol. The minimum Gasteiger partial charge on any atom is -0.506 e. The zero-order valence-electron chi connectivity index (χ0n) is 12.2. The standard InChI is InChI=1S/C16H14ClN3O3/c1-10-2-5-12(6-3-10)19-15(22)16(23)20-18-9-11-4-7-14(21)13(17)8-11/h2-9,21H,1H3,(H,19,22)(H,20,23)/b18-9-. The van der Waals surface area contributed by atoms with Crippen molar-refractivity contribution in [3.05, 3.63) is 58.6 Å². The van der Waals surface area contributed by atoms with Gasteiger partial charge in [-0.25, -0.2) is 5.43 Å². The minimum absolute atomic E-state index is 0.0506. The Kier molecular flexibility index (Phi) is 5.32. The van der Waals surface area contributed by atoms with Crippen LogP contribution >= 0.6 is 11.6 Å². The summed E-state index contributed by atoms with van der Waals surface area (Å²) in [5.41, 5.74) is 4.24. The van der Waals surface area contributed by atoms with Crippen LogP contribution in [-0.2, 0) is 9.59 Å². The van der Waals surface area contributed by atoms with Gasteiger partial charge in [-0.05, 0) is 42.8 Å². The van der Waals surface area contributed by atoms with Crippen LogP contribution in [0.3, 0.4) is 0 Å². The van der Waals surface area contributed by atoms with Crippen LogP contribution in [0.25, 0.3) is 0 Å². The Morgan fingerprint density at radius 2 is 1.83 bits per heavy atom. The maximum absolute atomic E-state index is 11.7. The van der Waals surface area contributed by atoms with Gasteiger partial charge < -0.3 is 10.4 Å². The van der Waals surface area contributed by atoms with E-state index in [1.807, 2.05) is 19.1 Å².